The van der Waals surface area contributed by atoms with Gasteiger partial charge in [-0.25, -0.2) is 0 Å². The third-order valence-corrected chi connectivity index (χ3v) is 8.26. The van der Waals surface area contributed by atoms with Gasteiger partial charge in [0.15, 0.2) is 11.4 Å². The summed E-state index contributed by atoms with van der Waals surface area (Å²) >= 11 is 0. The molecule has 0 aromatic heterocycles. The van der Waals surface area contributed by atoms with Gasteiger partial charge in [0.1, 0.15) is 0 Å². The molecule has 5 heteroatoms. The van der Waals surface area contributed by atoms with Crippen molar-refractivity contribution in [1.82, 2.24) is 0 Å². The first-order chi connectivity index (χ1) is 11.6. The molecule has 0 aliphatic heterocycles. The molecule has 3 saturated carbocycles. The van der Waals surface area contributed by atoms with Crippen LogP contribution in [0.5, 0.6) is 0 Å². The van der Waals surface area contributed by atoms with E-state index in [2.05, 4.69) is 6.92 Å². The number of ketones is 1. The number of halogens is 3. The third-order valence-electron chi connectivity index (χ3n) is 8.26. The number of allylic oxidation sites excluding steroid dienone is 1. The van der Waals surface area contributed by atoms with Crippen molar-refractivity contribution in [3.63, 3.8) is 0 Å². The van der Waals surface area contributed by atoms with Crippen LogP contribution in [0.2, 0.25) is 0 Å². The van der Waals surface area contributed by atoms with Crippen molar-refractivity contribution in [2.24, 2.45) is 35.0 Å². The first-order valence-electron chi connectivity index (χ1n) is 9.61. The summed E-state index contributed by atoms with van der Waals surface area (Å²) in [5, 5.41) is 10.6. The lowest BCUT2D eigenvalue weighted by atomic mass is 9.48. The number of hydrogen-bond donors (Lipinski definition) is 1. The lowest BCUT2D eigenvalue weighted by Gasteiger charge is -2.57. The van der Waals surface area contributed by atoms with E-state index in [1.807, 2.05) is 6.08 Å². The van der Waals surface area contributed by atoms with Crippen molar-refractivity contribution in [2.45, 2.75) is 70.6 Å². The Balaban J connectivity index is 1.70. The molecule has 25 heavy (non-hydrogen) atoms. The van der Waals surface area contributed by atoms with Crippen molar-refractivity contribution < 1.29 is 23.1 Å². The zero-order valence-corrected chi connectivity index (χ0v) is 14.9. The number of fused-ring (bicyclic) bond motifs is 5. The van der Waals surface area contributed by atoms with Crippen LogP contribution in [-0.2, 0) is 4.79 Å². The van der Waals surface area contributed by atoms with Crippen molar-refractivity contribution >= 4 is 5.78 Å². The monoisotopic (exact) mass is 356 g/mol. The highest BCUT2D eigenvalue weighted by Gasteiger charge is 2.72. The zero-order valence-electron chi connectivity index (χ0n) is 14.9. The van der Waals surface area contributed by atoms with Crippen LogP contribution < -0.4 is 0 Å². The summed E-state index contributed by atoms with van der Waals surface area (Å²) in [5.41, 5.74) is -2.39. The van der Waals surface area contributed by atoms with Gasteiger partial charge < -0.3 is 5.11 Å². The molecule has 0 bridgehead atoms. The molecule has 2 nitrogen and oxygen atoms in total. The smallest absolute Gasteiger partial charge is 0.380 e. The summed E-state index contributed by atoms with van der Waals surface area (Å²) in [6, 6.07) is 0. The second kappa shape index (κ2) is 5.34. The molecule has 4 aliphatic carbocycles. The molecule has 0 aromatic rings. The van der Waals surface area contributed by atoms with Crippen molar-refractivity contribution in [3.05, 3.63) is 11.6 Å². The Morgan fingerprint density at radius 3 is 2.60 bits per heavy atom. The molecule has 0 amide bonds. The van der Waals surface area contributed by atoms with E-state index in [1.54, 1.807) is 6.92 Å². The minimum absolute atomic E-state index is 0.0768. The fourth-order valence-electron chi connectivity index (χ4n) is 7.07. The highest BCUT2D eigenvalue weighted by molar-refractivity contribution is 5.91. The number of hydrogen-bond acceptors (Lipinski definition) is 2. The van der Waals surface area contributed by atoms with Gasteiger partial charge in [-0.15, -0.1) is 0 Å². The zero-order chi connectivity index (χ0) is 18.2. The lowest BCUT2D eigenvalue weighted by Crippen LogP contribution is -2.60. The number of rotatable bonds is 0. The number of carbonyl (C=O) groups is 1. The predicted octanol–water partition coefficient (Wildman–Crippen LogP) is 4.67. The normalized spacial score (nSPS) is 49.9. The maximum Gasteiger partial charge on any atom is 0.417 e. The standard InChI is InChI=1S/C20H27F3O2/c1-11-9-12-10-13(24)3-4-14(12)15-5-7-18(2)16(17(11)15)6-8-19(18,25)20(21,22)23/h10-11,14-17,25H,3-9H2,1-2H3/t11?,14-,15+,16-,17+,18-,19?/m0/s1. The second-order valence-corrected chi connectivity index (χ2v) is 9.21. The van der Waals surface area contributed by atoms with Gasteiger partial charge in [-0.1, -0.05) is 19.4 Å². The first kappa shape index (κ1) is 17.6. The fourth-order valence-corrected chi connectivity index (χ4v) is 7.07. The van der Waals surface area contributed by atoms with E-state index in [1.165, 1.54) is 5.57 Å². The van der Waals surface area contributed by atoms with Crippen LogP contribution in [0.25, 0.3) is 0 Å². The number of alkyl halides is 3. The Labute approximate surface area is 146 Å². The van der Waals surface area contributed by atoms with Gasteiger partial charge in [0.2, 0.25) is 0 Å². The molecular formula is C20H27F3O2. The third kappa shape index (κ3) is 2.23. The van der Waals surface area contributed by atoms with Gasteiger partial charge in [-0.2, -0.15) is 13.2 Å². The number of aliphatic hydroxyl groups is 1. The van der Waals surface area contributed by atoms with E-state index in [9.17, 15) is 23.1 Å². The Bertz CT molecular complexity index is 625. The molecule has 0 saturated heterocycles. The molecular weight excluding hydrogens is 329 g/mol. The van der Waals surface area contributed by atoms with E-state index in [0.29, 0.717) is 31.1 Å². The topological polar surface area (TPSA) is 37.3 Å². The largest absolute Gasteiger partial charge is 0.417 e. The molecule has 2 unspecified atom stereocenters. The summed E-state index contributed by atoms with van der Waals surface area (Å²) in [4.78, 5) is 11.8. The molecule has 0 aromatic carbocycles. The van der Waals surface area contributed by atoms with Crippen LogP contribution in [0.3, 0.4) is 0 Å². The Morgan fingerprint density at radius 2 is 1.92 bits per heavy atom. The van der Waals surface area contributed by atoms with E-state index < -0.39 is 17.2 Å². The van der Waals surface area contributed by atoms with Crippen molar-refractivity contribution in [1.29, 1.82) is 0 Å². The molecule has 4 aliphatic rings. The summed E-state index contributed by atoms with van der Waals surface area (Å²) in [6.07, 6.45) is 0.956. The Kier molecular flexibility index (Phi) is 3.75. The van der Waals surface area contributed by atoms with E-state index in [4.69, 9.17) is 0 Å². The van der Waals surface area contributed by atoms with Gasteiger partial charge in [0.05, 0.1) is 0 Å². The van der Waals surface area contributed by atoms with Gasteiger partial charge in [0.25, 0.3) is 0 Å². The second-order valence-electron chi connectivity index (χ2n) is 9.21. The molecule has 3 fully saturated rings. The van der Waals surface area contributed by atoms with Crippen LogP contribution >= 0.6 is 0 Å². The summed E-state index contributed by atoms with van der Waals surface area (Å²) in [5.74, 6) is 1.36. The van der Waals surface area contributed by atoms with Gasteiger partial charge in [-0.3, -0.25) is 4.79 Å². The maximum atomic E-state index is 13.7. The van der Waals surface area contributed by atoms with Gasteiger partial charge in [0, 0.05) is 11.8 Å². The van der Waals surface area contributed by atoms with Crippen LogP contribution in [0.1, 0.15) is 58.8 Å². The van der Waals surface area contributed by atoms with Crippen LogP contribution in [0.15, 0.2) is 11.6 Å². The van der Waals surface area contributed by atoms with Crippen molar-refractivity contribution in [3.8, 4) is 0 Å². The maximum absolute atomic E-state index is 13.7. The van der Waals surface area contributed by atoms with Crippen LogP contribution in [0, 0.1) is 35.0 Å². The van der Waals surface area contributed by atoms with Gasteiger partial charge >= 0.3 is 6.18 Å². The quantitative estimate of drug-likeness (QED) is 0.685. The molecule has 1 N–H and O–H groups in total. The molecule has 7 atom stereocenters. The first-order valence-corrected chi connectivity index (χ1v) is 9.61. The fraction of sp³-hybridized carbons (Fsp3) is 0.850. The van der Waals surface area contributed by atoms with Gasteiger partial charge in [-0.05, 0) is 74.2 Å². The molecule has 0 heterocycles. The molecule has 4 rings (SSSR count). The summed E-state index contributed by atoms with van der Waals surface area (Å²) < 4.78 is 41.1. The number of carbonyl (C=O) groups excluding carboxylic acids is 1. The lowest BCUT2D eigenvalue weighted by molar-refractivity contribution is -0.303. The summed E-state index contributed by atoms with van der Waals surface area (Å²) in [6.45, 7) is 3.81. The highest BCUT2D eigenvalue weighted by atomic mass is 19.4. The summed E-state index contributed by atoms with van der Waals surface area (Å²) in [7, 11) is 0. The highest BCUT2D eigenvalue weighted by Crippen LogP contribution is 2.68. The predicted molar refractivity (Wildman–Crippen MR) is 87.6 cm³/mol. The average molecular weight is 356 g/mol. The molecule has 140 valence electrons. The van der Waals surface area contributed by atoms with Crippen LogP contribution in [-0.4, -0.2) is 22.7 Å². The minimum Gasteiger partial charge on any atom is -0.380 e. The molecule has 0 radical (unpaired) electrons. The van der Waals surface area contributed by atoms with E-state index in [-0.39, 0.29) is 30.0 Å². The Morgan fingerprint density at radius 1 is 1.20 bits per heavy atom. The molecule has 0 spiro atoms. The van der Waals surface area contributed by atoms with Crippen molar-refractivity contribution in [2.75, 3.05) is 0 Å². The minimum atomic E-state index is -4.57. The average Bonchev–Trinajstić information content (AvgIpc) is 2.79. The van der Waals surface area contributed by atoms with E-state index in [0.717, 1.165) is 19.3 Å². The Hall–Kier alpha value is -0.840. The SMILES string of the molecule is CC1CC2=CC(=O)CC[C@@H]2[C@H]2CC[C@@]3(C)[C@@H](CCC3(O)C(F)(F)F)[C@H]12. The van der Waals surface area contributed by atoms with E-state index >= 15 is 0 Å². The van der Waals surface area contributed by atoms with Crippen LogP contribution in [0.4, 0.5) is 13.2 Å².